The number of hydrogen-bond acceptors (Lipinski definition) is 11. The van der Waals surface area contributed by atoms with E-state index >= 15 is 0 Å². The lowest BCUT2D eigenvalue weighted by Crippen LogP contribution is -2.64. The van der Waals surface area contributed by atoms with Crippen LogP contribution in [0.4, 0.5) is 4.79 Å². The van der Waals surface area contributed by atoms with Gasteiger partial charge >= 0.3 is 6.03 Å². The van der Waals surface area contributed by atoms with Gasteiger partial charge in [-0.15, -0.1) is 0 Å². The largest absolute Gasteiger partial charge is 0.394 e. The standard InChI is InChI=1S/C16H18N6O7S/c1-2-16(13(26)20-15(28)21-14(16)27)30-11-7-10(17-4-18-11)22(5-19-7)12-9(25)8(24)6(3-23)29-12/h4-6,8-9,12,23-25H,2-3H2,1H3,(H2,20,21,26,27,28)/t6-,8+,9-,12-/m0/s1. The summed E-state index contributed by atoms with van der Waals surface area (Å²) in [5, 5.41) is 33.9. The van der Waals surface area contributed by atoms with E-state index in [0.717, 1.165) is 11.8 Å². The van der Waals surface area contributed by atoms with Gasteiger partial charge < -0.3 is 20.1 Å². The Balaban J connectivity index is 1.72. The van der Waals surface area contributed by atoms with Crippen molar-refractivity contribution in [1.29, 1.82) is 0 Å². The first kappa shape index (κ1) is 20.6. The number of aliphatic hydroxyl groups excluding tert-OH is 3. The van der Waals surface area contributed by atoms with Gasteiger partial charge in [0.2, 0.25) is 0 Å². The van der Waals surface area contributed by atoms with Crippen LogP contribution < -0.4 is 10.6 Å². The maximum Gasteiger partial charge on any atom is 0.328 e. The number of aromatic nitrogens is 4. The molecule has 0 aromatic carbocycles. The Morgan fingerprint density at radius 3 is 2.47 bits per heavy atom. The molecule has 2 fully saturated rings. The van der Waals surface area contributed by atoms with Gasteiger partial charge in [0.05, 0.1) is 12.9 Å². The van der Waals surface area contributed by atoms with Gasteiger partial charge in [0.25, 0.3) is 11.8 Å². The summed E-state index contributed by atoms with van der Waals surface area (Å²) < 4.78 is 5.23. The molecule has 160 valence electrons. The van der Waals surface area contributed by atoms with E-state index in [1.54, 1.807) is 6.92 Å². The van der Waals surface area contributed by atoms with Gasteiger partial charge in [-0.2, -0.15) is 0 Å². The summed E-state index contributed by atoms with van der Waals surface area (Å²) >= 11 is 0.826. The molecule has 0 radical (unpaired) electrons. The van der Waals surface area contributed by atoms with Crippen molar-refractivity contribution in [2.45, 2.75) is 47.7 Å². The van der Waals surface area contributed by atoms with E-state index in [0.29, 0.717) is 0 Å². The lowest BCUT2D eigenvalue weighted by atomic mass is 10.0. The van der Waals surface area contributed by atoms with E-state index < -0.39 is 53.7 Å². The monoisotopic (exact) mass is 438 g/mol. The van der Waals surface area contributed by atoms with Crippen LogP contribution in [0.3, 0.4) is 0 Å². The van der Waals surface area contributed by atoms with Crippen molar-refractivity contribution < 1.29 is 34.4 Å². The predicted molar refractivity (Wildman–Crippen MR) is 98.9 cm³/mol. The zero-order valence-corrected chi connectivity index (χ0v) is 16.4. The number of aliphatic hydroxyl groups is 3. The molecule has 2 aromatic heterocycles. The maximum atomic E-state index is 12.5. The number of carbonyl (C=O) groups excluding carboxylic acids is 3. The summed E-state index contributed by atoms with van der Waals surface area (Å²) in [7, 11) is 0. The van der Waals surface area contributed by atoms with Crippen LogP contribution in [-0.2, 0) is 14.3 Å². The molecule has 0 bridgehead atoms. The van der Waals surface area contributed by atoms with E-state index in [4.69, 9.17) is 4.74 Å². The van der Waals surface area contributed by atoms with Gasteiger partial charge in [0.1, 0.15) is 35.2 Å². The fourth-order valence-electron chi connectivity index (χ4n) is 3.39. The second kappa shape index (κ2) is 7.55. The third-order valence-electron chi connectivity index (χ3n) is 5.07. The van der Waals surface area contributed by atoms with Crippen LogP contribution in [-0.4, -0.2) is 82.3 Å². The van der Waals surface area contributed by atoms with Crippen molar-refractivity contribution >= 4 is 40.8 Å². The SMILES string of the molecule is CCC1(Sc2ncnc3c2ncn3[C@H]2O[C@@H](CO)[C@@H](O)[C@@H]2O)C(=O)NC(=O)NC1=O. The number of urea groups is 1. The average molecular weight is 438 g/mol. The van der Waals surface area contributed by atoms with E-state index in [-0.39, 0.29) is 22.6 Å². The third-order valence-corrected chi connectivity index (χ3v) is 6.57. The van der Waals surface area contributed by atoms with Crippen molar-refractivity contribution in [1.82, 2.24) is 30.2 Å². The average Bonchev–Trinajstić information content (AvgIpc) is 3.26. The Morgan fingerprint density at radius 1 is 1.17 bits per heavy atom. The number of imidazole rings is 1. The van der Waals surface area contributed by atoms with Crippen LogP contribution in [0.2, 0.25) is 0 Å². The summed E-state index contributed by atoms with van der Waals surface area (Å²) in [5.41, 5.74) is 0.451. The number of barbiturate groups is 1. The molecule has 0 aliphatic carbocycles. The molecule has 4 rings (SSSR count). The first-order valence-electron chi connectivity index (χ1n) is 8.98. The molecule has 2 saturated heterocycles. The topological polar surface area (TPSA) is 189 Å². The van der Waals surface area contributed by atoms with Crippen LogP contribution in [0.1, 0.15) is 19.6 Å². The molecule has 0 spiro atoms. The minimum atomic E-state index is -1.64. The summed E-state index contributed by atoms with van der Waals surface area (Å²) in [4.78, 5) is 48.9. The van der Waals surface area contributed by atoms with Gasteiger partial charge in [0, 0.05) is 0 Å². The highest BCUT2D eigenvalue weighted by atomic mass is 32.2. The summed E-state index contributed by atoms with van der Waals surface area (Å²) in [6, 6.07) is -0.892. The number of fused-ring (bicyclic) bond motifs is 1. The maximum absolute atomic E-state index is 12.5. The van der Waals surface area contributed by atoms with E-state index in [1.165, 1.54) is 17.2 Å². The first-order chi connectivity index (χ1) is 14.3. The van der Waals surface area contributed by atoms with Gasteiger partial charge in [-0.25, -0.2) is 19.7 Å². The Bertz CT molecular complexity index is 1010. The normalized spacial score (nSPS) is 28.6. The van der Waals surface area contributed by atoms with Crippen molar-refractivity contribution in [2.75, 3.05) is 6.61 Å². The number of nitrogens with one attached hydrogen (secondary N) is 2. The number of amides is 4. The number of ether oxygens (including phenoxy) is 1. The minimum Gasteiger partial charge on any atom is -0.394 e. The molecular formula is C16H18N6O7S. The van der Waals surface area contributed by atoms with Gasteiger partial charge in [-0.3, -0.25) is 24.8 Å². The van der Waals surface area contributed by atoms with Gasteiger partial charge in [-0.1, -0.05) is 18.7 Å². The van der Waals surface area contributed by atoms with Gasteiger partial charge in [-0.05, 0) is 6.42 Å². The molecule has 5 N–H and O–H groups in total. The number of thioether (sulfide) groups is 1. The van der Waals surface area contributed by atoms with E-state index in [9.17, 15) is 29.7 Å². The van der Waals surface area contributed by atoms with Crippen molar-refractivity contribution in [2.24, 2.45) is 0 Å². The van der Waals surface area contributed by atoms with E-state index in [1.807, 2.05) is 0 Å². The lowest BCUT2D eigenvalue weighted by Gasteiger charge is -2.31. The highest BCUT2D eigenvalue weighted by Gasteiger charge is 2.51. The number of rotatable bonds is 5. The molecule has 30 heavy (non-hydrogen) atoms. The molecule has 4 amide bonds. The second-order valence-corrected chi connectivity index (χ2v) is 8.04. The van der Waals surface area contributed by atoms with Crippen LogP contribution in [0.25, 0.3) is 11.2 Å². The molecule has 4 atom stereocenters. The number of nitrogens with zero attached hydrogens (tertiary/aromatic N) is 4. The van der Waals surface area contributed by atoms with Gasteiger partial charge in [0.15, 0.2) is 16.6 Å². The number of carbonyl (C=O) groups is 3. The third kappa shape index (κ3) is 3.04. The number of imide groups is 2. The second-order valence-electron chi connectivity index (χ2n) is 6.75. The quantitative estimate of drug-likeness (QED) is 0.257. The summed E-state index contributed by atoms with van der Waals surface area (Å²) in [6.45, 7) is 1.14. The molecule has 2 aromatic rings. The Hall–Kier alpha value is -2.65. The van der Waals surface area contributed by atoms with Crippen molar-refractivity contribution in [3.05, 3.63) is 12.7 Å². The Labute approximate surface area is 172 Å². The van der Waals surface area contributed by atoms with Crippen LogP contribution in [0.15, 0.2) is 17.7 Å². The van der Waals surface area contributed by atoms with Crippen LogP contribution in [0, 0.1) is 0 Å². The summed E-state index contributed by atoms with van der Waals surface area (Å²) in [6.07, 6.45) is -2.10. The highest BCUT2D eigenvalue weighted by Crippen LogP contribution is 2.39. The zero-order valence-electron chi connectivity index (χ0n) is 15.6. The molecule has 2 aliphatic rings. The fourth-order valence-corrected chi connectivity index (χ4v) is 4.50. The van der Waals surface area contributed by atoms with Crippen LogP contribution >= 0.6 is 11.8 Å². The van der Waals surface area contributed by atoms with Crippen molar-refractivity contribution in [3.63, 3.8) is 0 Å². The molecule has 2 aliphatic heterocycles. The minimum absolute atomic E-state index is 0.0731. The molecule has 0 unspecified atom stereocenters. The lowest BCUT2D eigenvalue weighted by molar-refractivity contribution is -0.133. The molecule has 0 saturated carbocycles. The molecular weight excluding hydrogens is 420 g/mol. The zero-order chi connectivity index (χ0) is 21.6. The number of hydrogen-bond donors (Lipinski definition) is 5. The fraction of sp³-hybridized carbons (Fsp3) is 0.500. The Kier molecular flexibility index (Phi) is 5.19. The van der Waals surface area contributed by atoms with E-state index in [2.05, 4.69) is 25.6 Å². The molecule has 14 heteroatoms. The molecule has 4 heterocycles. The van der Waals surface area contributed by atoms with Crippen LogP contribution in [0.5, 0.6) is 0 Å². The first-order valence-corrected chi connectivity index (χ1v) is 9.80. The highest BCUT2D eigenvalue weighted by molar-refractivity contribution is 8.02. The predicted octanol–water partition coefficient (Wildman–Crippen LogP) is -1.96. The van der Waals surface area contributed by atoms with Crippen molar-refractivity contribution in [3.8, 4) is 0 Å². The summed E-state index contributed by atoms with van der Waals surface area (Å²) in [5.74, 6) is -1.53. The molecule has 13 nitrogen and oxygen atoms in total. The smallest absolute Gasteiger partial charge is 0.328 e. The Morgan fingerprint density at radius 2 is 1.87 bits per heavy atom.